The van der Waals surface area contributed by atoms with Gasteiger partial charge < -0.3 is 14.7 Å². The first-order valence-electron chi connectivity index (χ1n) is 13.8. The number of fused-ring (bicyclic) bond motifs is 3. The van der Waals surface area contributed by atoms with Crippen LogP contribution in [0.3, 0.4) is 0 Å². The number of nitrogens with zero attached hydrogens (tertiary/aromatic N) is 1. The number of sulfone groups is 1. The van der Waals surface area contributed by atoms with Crippen LogP contribution < -0.4 is 4.74 Å². The predicted octanol–water partition coefficient (Wildman–Crippen LogP) is 5.53. The van der Waals surface area contributed by atoms with Crippen LogP contribution in [0.25, 0.3) is 0 Å². The summed E-state index contributed by atoms with van der Waals surface area (Å²) in [6.07, 6.45) is -11.3. The molecule has 7 nitrogen and oxygen atoms in total. The molecule has 238 valence electrons. The lowest BCUT2D eigenvalue weighted by atomic mass is 9.48. The van der Waals surface area contributed by atoms with Crippen molar-refractivity contribution in [2.45, 2.75) is 65.8 Å². The number of alkyl halides is 7. The summed E-state index contributed by atoms with van der Waals surface area (Å²) >= 11 is 0. The average Bonchev–Trinajstić information content (AvgIpc) is 3.31. The molecule has 44 heavy (non-hydrogen) atoms. The Kier molecular flexibility index (Phi) is 6.67. The molecule has 2 saturated carbocycles. The van der Waals surface area contributed by atoms with Gasteiger partial charge in [0.1, 0.15) is 17.1 Å². The van der Waals surface area contributed by atoms with Gasteiger partial charge in [-0.2, -0.15) is 26.3 Å². The van der Waals surface area contributed by atoms with Crippen LogP contribution in [-0.2, 0) is 29.8 Å². The van der Waals surface area contributed by atoms with Crippen LogP contribution >= 0.6 is 0 Å². The summed E-state index contributed by atoms with van der Waals surface area (Å²) in [6.45, 7) is -0.677. The normalized spacial score (nSPS) is 30.1. The molecule has 0 bridgehead atoms. The van der Waals surface area contributed by atoms with Crippen molar-refractivity contribution in [3.05, 3.63) is 59.7 Å². The number of carbonyl (C=O) groups excluding carboxylic acids is 1. The molecule has 4 aliphatic rings. The van der Waals surface area contributed by atoms with Crippen molar-refractivity contribution in [2.75, 3.05) is 13.2 Å². The van der Waals surface area contributed by atoms with Gasteiger partial charge in [0.2, 0.25) is 5.91 Å². The first-order valence-corrected chi connectivity index (χ1v) is 15.3. The first-order chi connectivity index (χ1) is 20.4. The molecule has 2 heterocycles. The molecule has 15 heteroatoms. The molecule has 1 amide bonds. The number of carboxylic acids is 1. The molecule has 3 fully saturated rings. The summed E-state index contributed by atoms with van der Waals surface area (Å²) in [6, 6.07) is 7.06. The third kappa shape index (κ3) is 4.09. The second-order valence-corrected chi connectivity index (χ2v) is 14.4. The quantitative estimate of drug-likeness (QED) is 0.428. The van der Waals surface area contributed by atoms with Crippen molar-refractivity contribution in [2.24, 2.45) is 17.3 Å². The minimum absolute atomic E-state index is 0.0977. The number of carboxylic acid groups (broad SMARTS) is 1. The summed E-state index contributed by atoms with van der Waals surface area (Å²) in [5, 5.41) is 9.20. The zero-order valence-electron chi connectivity index (χ0n) is 22.8. The van der Waals surface area contributed by atoms with Gasteiger partial charge in [-0.3, -0.25) is 9.59 Å². The molecule has 0 aromatic heterocycles. The Hall–Kier alpha value is -3.36. The Bertz CT molecular complexity index is 1600. The number of rotatable bonds is 5. The van der Waals surface area contributed by atoms with E-state index in [2.05, 4.69) is 0 Å². The molecule has 1 saturated heterocycles. The number of carbonyl (C=O) groups is 2. The van der Waals surface area contributed by atoms with Crippen molar-refractivity contribution >= 4 is 21.7 Å². The second kappa shape index (κ2) is 9.57. The van der Waals surface area contributed by atoms with Crippen LogP contribution in [0.15, 0.2) is 53.4 Å². The van der Waals surface area contributed by atoms with E-state index in [1.165, 1.54) is 29.2 Å². The lowest BCUT2D eigenvalue weighted by Gasteiger charge is -2.56. The first kappa shape index (κ1) is 30.7. The van der Waals surface area contributed by atoms with Gasteiger partial charge in [-0.15, -0.1) is 0 Å². The van der Waals surface area contributed by atoms with Crippen LogP contribution in [0, 0.1) is 17.3 Å². The molecule has 2 atom stereocenters. The number of ether oxygens (including phenoxy) is 1. The molecule has 2 aliphatic carbocycles. The van der Waals surface area contributed by atoms with Crippen LogP contribution in [0.4, 0.5) is 30.7 Å². The van der Waals surface area contributed by atoms with Gasteiger partial charge in [-0.05, 0) is 55.7 Å². The monoisotopic (exact) mass is 649 g/mol. The molecular weight excluding hydrogens is 623 g/mol. The molecule has 0 radical (unpaired) electrons. The molecule has 1 N–H and O–H groups in total. The van der Waals surface area contributed by atoms with E-state index >= 15 is 0 Å². The Balaban J connectivity index is 1.40. The zero-order chi connectivity index (χ0) is 32.1. The zero-order valence-corrected chi connectivity index (χ0v) is 23.6. The van der Waals surface area contributed by atoms with Crippen LogP contribution in [0.5, 0.6) is 5.75 Å². The topological polar surface area (TPSA) is 101 Å². The number of benzene rings is 2. The lowest BCUT2D eigenvalue weighted by Crippen LogP contribution is -2.58. The number of halogens is 7. The number of amides is 1. The number of hydrogen-bond donors (Lipinski definition) is 1. The molecule has 2 aromatic carbocycles. The van der Waals surface area contributed by atoms with Crippen molar-refractivity contribution in [3.8, 4) is 5.75 Å². The highest BCUT2D eigenvalue weighted by Gasteiger charge is 2.74. The van der Waals surface area contributed by atoms with Crippen LogP contribution in [0.2, 0.25) is 0 Å². The van der Waals surface area contributed by atoms with Crippen molar-refractivity contribution in [1.82, 2.24) is 4.90 Å². The highest BCUT2D eigenvalue weighted by molar-refractivity contribution is 7.92. The van der Waals surface area contributed by atoms with E-state index in [4.69, 9.17) is 4.74 Å². The lowest BCUT2D eigenvalue weighted by molar-refractivity contribution is -0.348. The summed E-state index contributed by atoms with van der Waals surface area (Å²) in [5.74, 6) is -2.93. The van der Waals surface area contributed by atoms with E-state index in [1.807, 2.05) is 0 Å². The van der Waals surface area contributed by atoms with E-state index in [0.717, 1.165) is 6.07 Å². The average molecular weight is 650 g/mol. The van der Waals surface area contributed by atoms with Crippen LogP contribution in [-0.4, -0.2) is 61.8 Å². The largest absolute Gasteiger partial charge is 0.491 e. The molecule has 2 aromatic rings. The van der Waals surface area contributed by atoms with E-state index < -0.39 is 74.4 Å². The van der Waals surface area contributed by atoms with Crippen LogP contribution in [0.1, 0.15) is 43.2 Å². The van der Waals surface area contributed by atoms with E-state index in [0.29, 0.717) is 25.7 Å². The number of likely N-dealkylation sites (tertiary alicyclic amines) is 1. The number of hydrogen-bond acceptors (Lipinski definition) is 5. The molecule has 1 spiro atoms. The highest BCUT2D eigenvalue weighted by atomic mass is 32.2. The van der Waals surface area contributed by atoms with Gasteiger partial charge in [0, 0.05) is 23.6 Å². The van der Waals surface area contributed by atoms with Gasteiger partial charge in [-0.1, -0.05) is 30.3 Å². The third-order valence-corrected chi connectivity index (χ3v) is 12.4. The summed E-state index contributed by atoms with van der Waals surface area (Å²) in [5.41, 5.74) is -8.10. The SMILES string of the molecule is O=C(O)C1CC2(C1)CC(C(=O)N1CCC3(S(=O)(=O)c4ccccc4)c4ccc(C(F)(C(F)(F)F)C(F)(F)F)cc4OCC13)C2. The molecular formula is C29H26F7NO6S. The fourth-order valence-corrected chi connectivity index (χ4v) is 9.99. The maximum absolute atomic E-state index is 14.9. The second-order valence-electron chi connectivity index (χ2n) is 12.2. The van der Waals surface area contributed by atoms with Gasteiger partial charge in [0.25, 0.3) is 0 Å². The summed E-state index contributed by atoms with van der Waals surface area (Å²) in [4.78, 5) is 26.1. The Morgan fingerprint density at radius 1 is 0.886 bits per heavy atom. The summed E-state index contributed by atoms with van der Waals surface area (Å²) < 4.78 is 128. The maximum Gasteiger partial charge on any atom is 0.435 e. The Morgan fingerprint density at radius 2 is 1.48 bits per heavy atom. The minimum Gasteiger partial charge on any atom is -0.491 e. The fourth-order valence-electron chi connectivity index (χ4n) is 7.68. The van der Waals surface area contributed by atoms with Crippen molar-refractivity contribution in [3.63, 3.8) is 0 Å². The van der Waals surface area contributed by atoms with Gasteiger partial charge >= 0.3 is 24.0 Å². The van der Waals surface area contributed by atoms with Gasteiger partial charge in [-0.25, -0.2) is 12.8 Å². The fraction of sp³-hybridized carbons (Fsp3) is 0.517. The third-order valence-electron chi connectivity index (χ3n) is 9.88. The standard InChI is InChI=1S/C29H26F7NO6S/c30-27(28(31,32)33,29(34,35)36)18-6-7-20-21(10-18)43-15-22-26(20,44(41,42)19-4-2-1-3-5-19)8-9-37(22)23(38)16-11-25(12-16)13-17(14-25)24(39)40/h1-7,10,16-17,22H,8-9,11-15H2,(H,39,40). The predicted molar refractivity (Wildman–Crippen MR) is 138 cm³/mol. The number of aliphatic carboxylic acids is 1. The smallest absolute Gasteiger partial charge is 0.435 e. The van der Waals surface area contributed by atoms with E-state index in [-0.39, 0.29) is 46.9 Å². The van der Waals surface area contributed by atoms with E-state index in [1.54, 1.807) is 6.07 Å². The van der Waals surface area contributed by atoms with Crippen molar-refractivity contribution in [1.29, 1.82) is 0 Å². The molecule has 2 unspecified atom stereocenters. The van der Waals surface area contributed by atoms with Crippen molar-refractivity contribution < 1.29 is 58.6 Å². The highest BCUT2D eigenvalue weighted by Crippen LogP contribution is 2.63. The minimum atomic E-state index is -6.38. The Labute approximate surface area is 246 Å². The van der Waals surface area contributed by atoms with Gasteiger partial charge in [0.15, 0.2) is 9.84 Å². The van der Waals surface area contributed by atoms with Gasteiger partial charge in [0.05, 0.1) is 16.9 Å². The maximum atomic E-state index is 14.9. The summed E-state index contributed by atoms with van der Waals surface area (Å²) in [7, 11) is -4.47. The Morgan fingerprint density at radius 3 is 2.05 bits per heavy atom. The van der Waals surface area contributed by atoms with E-state index in [9.17, 15) is 53.8 Å². The molecule has 6 rings (SSSR count). The molecule has 2 aliphatic heterocycles.